The predicted molar refractivity (Wildman–Crippen MR) is 285 cm³/mol. The van der Waals surface area contributed by atoms with Crippen molar-refractivity contribution >= 4 is 79.8 Å². The SMILES string of the molecule is COC(=O)C(N)Cc1cc(=O)[nH]c2ccccc12.COC(=O)C(N)Cc1cc(=O)[nH]c2ccccc12.COc1cccc2[nH]c(C(=O)N[C@@H](CC(C)C)C(=O)NC(C#N)Cc3cc(=O)[nH]c4ccccc34)cc12.Cl. The first-order valence-corrected chi connectivity index (χ1v) is 23.2. The summed E-state index contributed by atoms with van der Waals surface area (Å²) in [5.41, 5.74) is 16.0. The van der Waals surface area contributed by atoms with Crippen LogP contribution in [0.15, 0.2) is 130 Å². The number of esters is 2. The number of ether oxygens (including phenoxy) is 3. The summed E-state index contributed by atoms with van der Waals surface area (Å²) in [7, 11) is 4.14. The van der Waals surface area contributed by atoms with E-state index in [9.17, 15) is 38.8 Å². The Labute approximate surface area is 430 Å². The highest BCUT2D eigenvalue weighted by Crippen LogP contribution is 2.26. The standard InChI is InChI=1S/C28H29N5O4.2C13H14N2O3.ClH/c1-16(2)11-23(33-28(36)24-14-20-22(31-24)9-6-10-25(20)37-3)27(35)30-18(15-29)12-17-13-26(34)32-21-8-5-4-7-19(17)21;2*1-18-13(17)10(14)6-8-7-12(16)15-11-5-3-2-4-9(8)11;/h4-10,13-14,16,18,23,31H,11-12H2,1-3H3,(H,30,35)(H,32,34)(H,33,36);2*2-5,7,10H,6,14H2,1H3,(H,15,16);1H/t18?,23-;;;/m0.../s1. The number of nitrogens with two attached hydrogens (primary N) is 2. The van der Waals surface area contributed by atoms with Crippen LogP contribution in [0.25, 0.3) is 43.6 Å². The van der Waals surface area contributed by atoms with E-state index in [1.165, 1.54) is 32.4 Å². The second-order valence-corrected chi connectivity index (χ2v) is 17.4. The average molecular weight is 1030 g/mol. The molecule has 10 N–H and O–H groups in total. The quantitative estimate of drug-likeness (QED) is 0.0630. The van der Waals surface area contributed by atoms with Crippen molar-refractivity contribution in [3.05, 3.63) is 169 Å². The van der Waals surface area contributed by atoms with Gasteiger partial charge in [-0.15, -0.1) is 12.4 Å². The lowest BCUT2D eigenvalue weighted by Gasteiger charge is -2.22. The number of hydrogen-bond donors (Lipinski definition) is 8. The lowest BCUT2D eigenvalue weighted by molar-refractivity contribution is -0.142. The van der Waals surface area contributed by atoms with Gasteiger partial charge in [0.15, 0.2) is 0 Å². The normalized spacial score (nSPS) is 12.4. The number of nitriles is 1. The number of benzene rings is 4. The molecule has 20 heteroatoms. The summed E-state index contributed by atoms with van der Waals surface area (Å²) >= 11 is 0. The van der Waals surface area contributed by atoms with Crippen molar-refractivity contribution in [3.8, 4) is 11.8 Å². The number of rotatable bonds is 15. The molecule has 4 atom stereocenters. The first kappa shape index (κ1) is 56.3. The van der Waals surface area contributed by atoms with E-state index in [1.54, 1.807) is 25.3 Å². The molecule has 8 aromatic rings. The Balaban J connectivity index is 0.000000229. The van der Waals surface area contributed by atoms with Gasteiger partial charge in [0.1, 0.15) is 35.6 Å². The fourth-order valence-corrected chi connectivity index (χ4v) is 8.27. The van der Waals surface area contributed by atoms with Crippen molar-refractivity contribution in [2.24, 2.45) is 17.4 Å². The third-order valence-corrected chi connectivity index (χ3v) is 11.7. The topological polar surface area (TPSA) is 310 Å². The van der Waals surface area contributed by atoms with E-state index in [0.717, 1.165) is 49.2 Å². The third kappa shape index (κ3) is 14.5. The average Bonchev–Trinajstić information content (AvgIpc) is 3.83. The zero-order valence-corrected chi connectivity index (χ0v) is 42.1. The summed E-state index contributed by atoms with van der Waals surface area (Å²) in [6.45, 7) is 3.90. The van der Waals surface area contributed by atoms with Gasteiger partial charge >= 0.3 is 11.9 Å². The van der Waals surface area contributed by atoms with Gasteiger partial charge in [0.25, 0.3) is 5.91 Å². The highest BCUT2D eigenvalue weighted by molar-refractivity contribution is 6.01. The predicted octanol–water partition coefficient (Wildman–Crippen LogP) is 4.98. The summed E-state index contributed by atoms with van der Waals surface area (Å²) in [5, 5.41) is 18.7. The summed E-state index contributed by atoms with van der Waals surface area (Å²) < 4.78 is 14.5. The maximum Gasteiger partial charge on any atom is 0.322 e. The molecule has 0 aliphatic heterocycles. The van der Waals surface area contributed by atoms with Gasteiger partial charge in [-0.25, -0.2) is 0 Å². The van der Waals surface area contributed by atoms with E-state index in [2.05, 4.69) is 46.1 Å². The summed E-state index contributed by atoms with van der Waals surface area (Å²) in [6, 6.07) is 32.4. The van der Waals surface area contributed by atoms with Gasteiger partial charge in [-0.2, -0.15) is 5.26 Å². The second kappa shape index (κ2) is 26.2. The number of H-pyrrole nitrogens is 4. The van der Waals surface area contributed by atoms with E-state index in [-0.39, 0.29) is 54.3 Å². The molecule has 74 heavy (non-hydrogen) atoms. The van der Waals surface area contributed by atoms with Gasteiger partial charge in [0.05, 0.1) is 27.4 Å². The summed E-state index contributed by atoms with van der Waals surface area (Å²) in [5.74, 6) is -1.13. The molecule has 0 radical (unpaired) electrons. The van der Waals surface area contributed by atoms with E-state index in [4.69, 9.17) is 16.2 Å². The minimum Gasteiger partial charge on any atom is -0.496 e. The van der Waals surface area contributed by atoms with Crippen LogP contribution in [0, 0.1) is 17.2 Å². The zero-order chi connectivity index (χ0) is 52.8. The van der Waals surface area contributed by atoms with Crippen LogP contribution < -0.4 is 43.5 Å². The number of halogens is 1. The fourth-order valence-electron chi connectivity index (χ4n) is 8.27. The number of aromatic nitrogens is 4. The van der Waals surface area contributed by atoms with E-state index in [0.29, 0.717) is 28.9 Å². The lowest BCUT2D eigenvalue weighted by atomic mass is 10.00. The molecule has 8 rings (SSSR count). The van der Waals surface area contributed by atoms with E-state index < -0.39 is 47.9 Å². The van der Waals surface area contributed by atoms with E-state index >= 15 is 0 Å². The number of hydrogen-bond acceptors (Lipinski definition) is 13. The van der Waals surface area contributed by atoms with Crippen molar-refractivity contribution in [2.45, 2.75) is 63.7 Å². The highest BCUT2D eigenvalue weighted by atomic mass is 35.5. The first-order chi connectivity index (χ1) is 35.0. The minimum atomic E-state index is -0.887. The molecule has 0 fully saturated rings. The van der Waals surface area contributed by atoms with Crippen LogP contribution in [0.3, 0.4) is 0 Å². The number of carbonyl (C=O) groups is 4. The Morgan fingerprint density at radius 1 is 0.581 bits per heavy atom. The Bertz CT molecular complexity index is 3390. The molecule has 0 bridgehead atoms. The maximum absolute atomic E-state index is 13.2. The first-order valence-electron chi connectivity index (χ1n) is 23.2. The molecule has 0 saturated carbocycles. The minimum absolute atomic E-state index is 0. The van der Waals surface area contributed by atoms with Gasteiger partial charge in [-0.3, -0.25) is 33.6 Å². The van der Waals surface area contributed by atoms with Crippen molar-refractivity contribution in [1.82, 2.24) is 30.6 Å². The Morgan fingerprint density at radius 2 is 1.00 bits per heavy atom. The number of nitrogens with zero attached hydrogens (tertiary/aromatic N) is 1. The molecule has 4 aromatic heterocycles. The van der Waals surface area contributed by atoms with Crippen LogP contribution in [-0.2, 0) is 43.1 Å². The number of carbonyl (C=O) groups excluding carboxylic acids is 4. The van der Waals surface area contributed by atoms with Gasteiger partial charge in [0.2, 0.25) is 22.6 Å². The van der Waals surface area contributed by atoms with Crippen LogP contribution in [0.5, 0.6) is 5.75 Å². The number of methoxy groups -OCH3 is 3. The van der Waals surface area contributed by atoms with Crippen LogP contribution in [-0.4, -0.2) is 89.2 Å². The maximum atomic E-state index is 13.2. The van der Waals surface area contributed by atoms with E-state index in [1.807, 2.05) is 92.7 Å². The molecule has 0 aliphatic carbocycles. The molecular formula is C54H58ClN9O10. The number of nitrogens with one attached hydrogen (secondary N) is 6. The fraction of sp³-hybridized carbons (Fsp3) is 0.259. The number of pyridine rings is 3. The molecule has 4 aromatic carbocycles. The van der Waals surface area contributed by atoms with Crippen molar-refractivity contribution in [2.75, 3.05) is 21.3 Å². The Morgan fingerprint density at radius 3 is 1.42 bits per heavy atom. The molecular weight excluding hydrogens is 970 g/mol. The Hall–Kier alpha value is -8.57. The van der Waals surface area contributed by atoms with Crippen LogP contribution >= 0.6 is 12.4 Å². The molecule has 2 amide bonds. The monoisotopic (exact) mass is 1030 g/mol. The number of para-hydroxylation sites is 3. The van der Waals surface area contributed by atoms with Gasteiger partial charge in [-0.05, 0) is 78.3 Å². The molecule has 0 spiro atoms. The van der Waals surface area contributed by atoms with Crippen molar-refractivity contribution < 1.29 is 33.4 Å². The molecule has 3 unspecified atom stereocenters. The van der Waals surface area contributed by atoms with Gasteiger partial charge < -0.3 is 56.2 Å². The van der Waals surface area contributed by atoms with Crippen LogP contribution in [0.4, 0.5) is 0 Å². The third-order valence-electron chi connectivity index (χ3n) is 11.7. The number of aromatic amines is 4. The second-order valence-electron chi connectivity index (χ2n) is 17.4. The molecule has 19 nitrogen and oxygen atoms in total. The zero-order valence-electron chi connectivity index (χ0n) is 41.3. The van der Waals surface area contributed by atoms with Crippen LogP contribution in [0.1, 0.15) is 47.4 Å². The largest absolute Gasteiger partial charge is 0.496 e. The van der Waals surface area contributed by atoms with Crippen molar-refractivity contribution in [3.63, 3.8) is 0 Å². The Kier molecular flexibility index (Phi) is 20.0. The molecule has 0 aliphatic rings. The van der Waals surface area contributed by atoms with Gasteiger partial charge in [0, 0.05) is 68.2 Å². The highest BCUT2D eigenvalue weighted by Gasteiger charge is 2.26. The number of amides is 2. The number of fused-ring (bicyclic) bond motifs is 4. The van der Waals surface area contributed by atoms with Crippen molar-refractivity contribution in [1.29, 1.82) is 5.26 Å². The van der Waals surface area contributed by atoms with Crippen LogP contribution in [0.2, 0.25) is 0 Å². The molecule has 386 valence electrons. The summed E-state index contributed by atoms with van der Waals surface area (Å²) in [4.78, 5) is 95.3. The lowest BCUT2D eigenvalue weighted by Crippen LogP contribution is -2.50. The smallest absolute Gasteiger partial charge is 0.322 e. The summed E-state index contributed by atoms with van der Waals surface area (Å²) in [6.07, 6.45) is 1.08. The molecule has 0 saturated heterocycles. The molecule has 4 heterocycles. The van der Waals surface area contributed by atoms with Gasteiger partial charge in [-0.1, -0.05) is 74.5 Å².